The number of amides is 1. The molecule has 0 unspecified atom stereocenters. The SMILES string of the molecule is CC(C)C[C@H](NC(=O)[C@@H]1CCC[C@@H](C)C1)C(=O)O. The van der Waals surface area contributed by atoms with Gasteiger partial charge in [0.2, 0.25) is 5.91 Å². The summed E-state index contributed by atoms with van der Waals surface area (Å²) in [4.78, 5) is 23.2. The number of carbonyl (C=O) groups excluding carboxylic acids is 1. The summed E-state index contributed by atoms with van der Waals surface area (Å²) in [6.45, 7) is 6.08. The first kappa shape index (κ1) is 15.0. The molecule has 0 saturated heterocycles. The summed E-state index contributed by atoms with van der Waals surface area (Å²) in [6.07, 6.45) is 4.52. The summed E-state index contributed by atoms with van der Waals surface area (Å²) in [5.41, 5.74) is 0. The average molecular weight is 255 g/mol. The summed E-state index contributed by atoms with van der Waals surface area (Å²) in [5.74, 6) is -0.169. The van der Waals surface area contributed by atoms with Gasteiger partial charge in [0.15, 0.2) is 0 Å². The Bertz CT molecular complexity index is 301. The smallest absolute Gasteiger partial charge is 0.326 e. The van der Waals surface area contributed by atoms with Crippen LogP contribution in [0.4, 0.5) is 0 Å². The van der Waals surface area contributed by atoms with E-state index in [9.17, 15) is 9.59 Å². The van der Waals surface area contributed by atoms with Gasteiger partial charge < -0.3 is 10.4 Å². The van der Waals surface area contributed by atoms with Crippen LogP contribution in [0.25, 0.3) is 0 Å². The molecule has 0 aliphatic heterocycles. The van der Waals surface area contributed by atoms with E-state index in [0.717, 1.165) is 19.3 Å². The molecule has 1 saturated carbocycles. The molecule has 4 nitrogen and oxygen atoms in total. The van der Waals surface area contributed by atoms with E-state index in [4.69, 9.17) is 5.11 Å². The first-order chi connectivity index (χ1) is 8.40. The van der Waals surface area contributed by atoms with Crippen molar-refractivity contribution in [3.63, 3.8) is 0 Å². The summed E-state index contributed by atoms with van der Waals surface area (Å²) >= 11 is 0. The number of carbonyl (C=O) groups is 2. The topological polar surface area (TPSA) is 66.4 Å². The van der Waals surface area contributed by atoms with Gasteiger partial charge in [0, 0.05) is 5.92 Å². The van der Waals surface area contributed by atoms with Crippen LogP contribution in [0.3, 0.4) is 0 Å². The number of hydrogen-bond donors (Lipinski definition) is 2. The number of aliphatic carboxylic acids is 1. The highest BCUT2D eigenvalue weighted by molar-refractivity contribution is 5.85. The van der Waals surface area contributed by atoms with E-state index in [1.807, 2.05) is 13.8 Å². The van der Waals surface area contributed by atoms with Crippen molar-refractivity contribution in [2.75, 3.05) is 0 Å². The van der Waals surface area contributed by atoms with Gasteiger partial charge in [0.1, 0.15) is 6.04 Å². The fraction of sp³-hybridized carbons (Fsp3) is 0.857. The Morgan fingerprint density at radius 2 is 2.00 bits per heavy atom. The van der Waals surface area contributed by atoms with Gasteiger partial charge in [-0.05, 0) is 31.1 Å². The zero-order valence-corrected chi connectivity index (χ0v) is 11.6. The molecule has 0 radical (unpaired) electrons. The van der Waals surface area contributed by atoms with Gasteiger partial charge in [-0.1, -0.05) is 33.6 Å². The Balaban J connectivity index is 2.52. The van der Waals surface area contributed by atoms with Crippen molar-refractivity contribution in [2.24, 2.45) is 17.8 Å². The quantitative estimate of drug-likeness (QED) is 0.793. The largest absolute Gasteiger partial charge is 0.480 e. The van der Waals surface area contributed by atoms with Crippen LogP contribution in [0.15, 0.2) is 0 Å². The summed E-state index contributed by atoms with van der Waals surface area (Å²) < 4.78 is 0. The Labute approximate surface area is 109 Å². The van der Waals surface area contributed by atoms with Crippen molar-refractivity contribution < 1.29 is 14.7 Å². The highest BCUT2D eigenvalue weighted by atomic mass is 16.4. The Kier molecular flexibility index (Phi) is 5.63. The highest BCUT2D eigenvalue weighted by Crippen LogP contribution is 2.28. The summed E-state index contributed by atoms with van der Waals surface area (Å²) in [7, 11) is 0. The van der Waals surface area contributed by atoms with Crippen molar-refractivity contribution >= 4 is 11.9 Å². The molecule has 18 heavy (non-hydrogen) atoms. The van der Waals surface area contributed by atoms with Crippen LogP contribution in [0.5, 0.6) is 0 Å². The third kappa shape index (κ3) is 4.67. The van der Waals surface area contributed by atoms with E-state index in [1.54, 1.807) is 0 Å². The van der Waals surface area contributed by atoms with Crippen molar-refractivity contribution in [3.8, 4) is 0 Å². The second-order valence-corrected chi connectivity index (χ2v) is 6.00. The molecule has 2 N–H and O–H groups in total. The summed E-state index contributed by atoms with van der Waals surface area (Å²) in [5, 5.41) is 11.8. The molecule has 0 aromatic heterocycles. The third-order valence-electron chi connectivity index (χ3n) is 3.63. The zero-order chi connectivity index (χ0) is 13.7. The first-order valence-corrected chi connectivity index (χ1v) is 6.93. The molecule has 0 heterocycles. The molecule has 1 aliphatic carbocycles. The van der Waals surface area contributed by atoms with Gasteiger partial charge in [0.05, 0.1) is 0 Å². The van der Waals surface area contributed by atoms with E-state index in [1.165, 1.54) is 6.42 Å². The Hall–Kier alpha value is -1.06. The van der Waals surface area contributed by atoms with Crippen molar-refractivity contribution in [1.29, 1.82) is 0 Å². The molecule has 4 heteroatoms. The predicted octanol–water partition coefficient (Wildman–Crippen LogP) is 2.43. The molecular weight excluding hydrogens is 230 g/mol. The fourth-order valence-electron chi connectivity index (χ4n) is 2.65. The molecule has 1 rings (SSSR count). The molecule has 3 atom stereocenters. The molecule has 1 aliphatic rings. The number of hydrogen-bond acceptors (Lipinski definition) is 2. The van der Waals surface area contributed by atoms with Gasteiger partial charge in [-0.15, -0.1) is 0 Å². The Morgan fingerprint density at radius 3 is 2.50 bits per heavy atom. The minimum Gasteiger partial charge on any atom is -0.480 e. The molecule has 0 aromatic rings. The number of carboxylic acids is 1. The molecule has 0 spiro atoms. The number of rotatable bonds is 5. The number of nitrogens with one attached hydrogen (secondary N) is 1. The van der Waals surface area contributed by atoms with Crippen LogP contribution in [-0.2, 0) is 9.59 Å². The molecule has 0 bridgehead atoms. The minimum absolute atomic E-state index is 0.00256. The van der Waals surface area contributed by atoms with Gasteiger partial charge in [-0.3, -0.25) is 4.79 Å². The fourth-order valence-corrected chi connectivity index (χ4v) is 2.65. The van der Waals surface area contributed by atoms with E-state index in [0.29, 0.717) is 12.3 Å². The second kappa shape index (κ2) is 6.76. The van der Waals surface area contributed by atoms with E-state index in [-0.39, 0.29) is 17.7 Å². The van der Waals surface area contributed by atoms with Crippen molar-refractivity contribution in [3.05, 3.63) is 0 Å². The molecule has 104 valence electrons. The standard InChI is InChI=1S/C14H25NO3/c1-9(2)7-12(14(17)18)15-13(16)11-6-4-5-10(3)8-11/h9-12H,4-8H2,1-3H3,(H,15,16)(H,17,18)/t10-,11-,12+/m1/s1. The maximum Gasteiger partial charge on any atom is 0.326 e. The maximum atomic E-state index is 12.1. The summed E-state index contributed by atoms with van der Waals surface area (Å²) in [6, 6.07) is -0.741. The van der Waals surface area contributed by atoms with Gasteiger partial charge >= 0.3 is 5.97 Å². The second-order valence-electron chi connectivity index (χ2n) is 6.00. The molecule has 0 aromatic carbocycles. The lowest BCUT2D eigenvalue weighted by Gasteiger charge is -2.27. The van der Waals surface area contributed by atoms with Crippen LogP contribution in [0, 0.1) is 17.8 Å². The Morgan fingerprint density at radius 1 is 1.33 bits per heavy atom. The van der Waals surface area contributed by atoms with Crippen molar-refractivity contribution in [2.45, 2.75) is 58.9 Å². The lowest BCUT2D eigenvalue weighted by Crippen LogP contribution is -2.45. The van der Waals surface area contributed by atoms with E-state index >= 15 is 0 Å². The minimum atomic E-state index is -0.930. The molecule has 1 amide bonds. The van der Waals surface area contributed by atoms with Gasteiger partial charge in [-0.2, -0.15) is 0 Å². The van der Waals surface area contributed by atoms with Crippen LogP contribution in [-0.4, -0.2) is 23.0 Å². The first-order valence-electron chi connectivity index (χ1n) is 6.93. The lowest BCUT2D eigenvalue weighted by atomic mass is 9.82. The van der Waals surface area contributed by atoms with Crippen LogP contribution < -0.4 is 5.32 Å². The normalized spacial score (nSPS) is 25.8. The maximum absolute atomic E-state index is 12.1. The van der Waals surface area contributed by atoms with Crippen LogP contribution in [0.1, 0.15) is 52.9 Å². The average Bonchev–Trinajstić information content (AvgIpc) is 2.27. The zero-order valence-electron chi connectivity index (χ0n) is 11.6. The monoisotopic (exact) mass is 255 g/mol. The van der Waals surface area contributed by atoms with Gasteiger partial charge in [0.25, 0.3) is 0 Å². The van der Waals surface area contributed by atoms with Crippen LogP contribution in [0.2, 0.25) is 0 Å². The number of carboxylic acid groups (broad SMARTS) is 1. The molecule has 1 fully saturated rings. The van der Waals surface area contributed by atoms with Gasteiger partial charge in [-0.25, -0.2) is 4.79 Å². The predicted molar refractivity (Wildman–Crippen MR) is 70.1 cm³/mol. The molecular formula is C14H25NO3. The third-order valence-corrected chi connectivity index (χ3v) is 3.63. The van der Waals surface area contributed by atoms with Crippen molar-refractivity contribution in [1.82, 2.24) is 5.32 Å². The lowest BCUT2D eigenvalue weighted by molar-refractivity contribution is -0.143. The van der Waals surface area contributed by atoms with E-state index in [2.05, 4.69) is 12.2 Å². The van der Waals surface area contributed by atoms with E-state index < -0.39 is 12.0 Å². The highest BCUT2D eigenvalue weighted by Gasteiger charge is 2.28. The van der Waals surface area contributed by atoms with Crippen LogP contribution >= 0.6 is 0 Å².